The van der Waals surface area contributed by atoms with Gasteiger partial charge in [0, 0.05) is 31.5 Å². The van der Waals surface area contributed by atoms with Gasteiger partial charge in [0.05, 0.1) is 25.5 Å². The van der Waals surface area contributed by atoms with Gasteiger partial charge in [-0.15, -0.1) is 5.10 Å². The van der Waals surface area contributed by atoms with Crippen molar-refractivity contribution in [3.05, 3.63) is 41.0 Å². The molecule has 0 atom stereocenters. The van der Waals surface area contributed by atoms with Gasteiger partial charge in [0.25, 0.3) is 17.6 Å². The molecule has 29 heavy (non-hydrogen) atoms. The molecule has 152 valence electrons. The summed E-state index contributed by atoms with van der Waals surface area (Å²) >= 11 is 0. The van der Waals surface area contributed by atoms with Crippen LogP contribution >= 0.6 is 0 Å². The van der Waals surface area contributed by atoms with Crippen molar-refractivity contribution in [2.45, 2.75) is 13.8 Å². The molecule has 10 nitrogen and oxygen atoms in total. The molecule has 0 aliphatic carbocycles. The molecule has 0 unspecified atom stereocenters. The quantitative estimate of drug-likeness (QED) is 0.696. The highest BCUT2D eigenvalue weighted by Gasteiger charge is 2.22. The highest BCUT2D eigenvalue weighted by molar-refractivity contribution is 6.08. The molecule has 0 saturated carbocycles. The van der Waals surface area contributed by atoms with E-state index < -0.39 is 5.91 Å². The molecule has 0 aliphatic heterocycles. The molecule has 1 N–H and O–H groups in total. The lowest BCUT2D eigenvalue weighted by Crippen LogP contribution is -2.24. The third kappa shape index (κ3) is 3.82. The van der Waals surface area contributed by atoms with Crippen molar-refractivity contribution < 1.29 is 19.1 Å². The molecule has 1 aromatic carbocycles. The second-order valence-corrected chi connectivity index (χ2v) is 6.59. The zero-order chi connectivity index (χ0) is 21.3. The van der Waals surface area contributed by atoms with Crippen LogP contribution in [-0.2, 0) is 0 Å². The summed E-state index contributed by atoms with van der Waals surface area (Å²) in [7, 11) is 6.17. The smallest absolute Gasteiger partial charge is 0.295 e. The van der Waals surface area contributed by atoms with Crippen LogP contribution in [0.3, 0.4) is 0 Å². The van der Waals surface area contributed by atoms with Gasteiger partial charge in [-0.1, -0.05) is 0 Å². The first-order valence-electron chi connectivity index (χ1n) is 8.75. The van der Waals surface area contributed by atoms with E-state index in [1.54, 1.807) is 14.1 Å². The molecule has 2 heterocycles. The molecule has 0 aliphatic rings. The number of hydrogen-bond donors (Lipinski definition) is 1. The number of carbonyl (C=O) groups is 2. The Balaban J connectivity index is 2.03. The summed E-state index contributed by atoms with van der Waals surface area (Å²) in [6.07, 6.45) is 0. The van der Waals surface area contributed by atoms with Crippen molar-refractivity contribution in [2.24, 2.45) is 0 Å². The molecule has 0 fully saturated rings. The third-order valence-corrected chi connectivity index (χ3v) is 4.23. The van der Waals surface area contributed by atoms with Crippen LogP contribution in [0.4, 0.5) is 5.69 Å². The Morgan fingerprint density at radius 3 is 2.31 bits per heavy atom. The van der Waals surface area contributed by atoms with E-state index in [0.29, 0.717) is 17.3 Å². The van der Waals surface area contributed by atoms with Gasteiger partial charge in [0.2, 0.25) is 5.82 Å². The van der Waals surface area contributed by atoms with E-state index in [2.05, 4.69) is 20.4 Å². The van der Waals surface area contributed by atoms with Crippen LogP contribution in [0.25, 0.3) is 5.78 Å². The van der Waals surface area contributed by atoms with E-state index in [0.717, 1.165) is 11.4 Å². The predicted octanol–water partition coefficient (Wildman–Crippen LogP) is 1.71. The summed E-state index contributed by atoms with van der Waals surface area (Å²) in [5.41, 5.74) is 2.07. The molecular weight excluding hydrogens is 376 g/mol. The van der Waals surface area contributed by atoms with Crippen molar-refractivity contribution >= 4 is 23.3 Å². The fraction of sp³-hybridized carbons (Fsp3) is 0.316. The Morgan fingerprint density at radius 2 is 1.69 bits per heavy atom. The molecule has 0 radical (unpaired) electrons. The first-order valence-corrected chi connectivity index (χ1v) is 8.75. The predicted molar refractivity (Wildman–Crippen MR) is 106 cm³/mol. The Hall–Kier alpha value is -3.69. The lowest BCUT2D eigenvalue weighted by Gasteiger charge is -2.17. The maximum absolute atomic E-state index is 12.8. The van der Waals surface area contributed by atoms with Gasteiger partial charge in [-0.3, -0.25) is 9.59 Å². The van der Waals surface area contributed by atoms with Crippen molar-refractivity contribution in [3.8, 4) is 11.5 Å². The van der Waals surface area contributed by atoms with Crippen molar-refractivity contribution in [3.63, 3.8) is 0 Å². The number of nitrogens with one attached hydrogen (secondary N) is 1. The standard InChI is InChI=1S/C19H22N6O4/c1-10-7-11(2)25-19(20-10)22-16(23-25)17(26)21-13-9-15(29-6)14(28-5)8-12(13)18(27)24(3)4/h7-9H,1-6H3,(H,21,26). The monoisotopic (exact) mass is 398 g/mol. The topological polar surface area (TPSA) is 111 Å². The minimum atomic E-state index is -0.576. The van der Waals surface area contributed by atoms with E-state index in [1.165, 1.54) is 35.8 Å². The van der Waals surface area contributed by atoms with Crippen LogP contribution in [-0.4, -0.2) is 64.6 Å². The summed E-state index contributed by atoms with van der Waals surface area (Å²) in [4.78, 5) is 35.3. The number of amides is 2. The van der Waals surface area contributed by atoms with Crippen LogP contribution in [0.5, 0.6) is 11.5 Å². The lowest BCUT2D eigenvalue weighted by atomic mass is 10.1. The van der Waals surface area contributed by atoms with Crippen LogP contribution in [0.2, 0.25) is 0 Å². The van der Waals surface area contributed by atoms with E-state index in [1.807, 2.05) is 19.9 Å². The van der Waals surface area contributed by atoms with E-state index in [4.69, 9.17) is 9.47 Å². The molecule has 10 heteroatoms. The first kappa shape index (κ1) is 20.1. The molecule has 0 saturated heterocycles. The normalized spacial score (nSPS) is 10.7. The molecule has 2 amide bonds. The Bertz CT molecular complexity index is 1110. The minimum absolute atomic E-state index is 0.0655. The summed E-state index contributed by atoms with van der Waals surface area (Å²) in [5, 5.41) is 6.91. The minimum Gasteiger partial charge on any atom is -0.493 e. The average Bonchev–Trinajstić information content (AvgIpc) is 3.11. The number of aryl methyl sites for hydroxylation is 2. The fourth-order valence-corrected chi connectivity index (χ4v) is 2.84. The Labute approximate surface area is 167 Å². The van der Waals surface area contributed by atoms with E-state index in [9.17, 15) is 9.59 Å². The number of fused-ring (bicyclic) bond motifs is 1. The zero-order valence-corrected chi connectivity index (χ0v) is 17.1. The molecule has 0 spiro atoms. The Morgan fingerprint density at radius 1 is 1.03 bits per heavy atom. The number of ether oxygens (including phenoxy) is 2. The number of hydrogen-bond acceptors (Lipinski definition) is 7. The second kappa shape index (κ2) is 7.74. The fourth-order valence-electron chi connectivity index (χ4n) is 2.84. The number of rotatable bonds is 5. The van der Waals surface area contributed by atoms with Crippen LogP contribution in [0.15, 0.2) is 18.2 Å². The van der Waals surface area contributed by atoms with Crippen molar-refractivity contribution in [1.29, 1.82) is 0 Å². The van der Waals surface area contributed by atoms with Gasteiger partial charge < -0.3 is 19.7 Å². The van der Waals surface area contributed by atoms with Gasteiger partial charge in [0.1, 0.15) is 0 Å². The van der Waals surface area contributed by atoms with Crippen molar-refractivity contribution in [1.82, 2.24) is 24.5 Å². The van der Waals surface area contributed by atoms with Crippen LogP contribution in [0, 0.1) is 13.8 Å². The van der Waals surface area contributed by atoms with Crippen molar-refractivity contribution in [2.75, 3.05) is 33.6 Å². The number of anilines is 1. The van der Waals surface area contributed by atoms with Gasteiger partial charge in [-0.2, -0.15) is 4.98 Å². The highest BCUT2D eigenvalue weighted by Crippen LogP contribution is 2.34. The number of carbonyl (C=O) groups excluding carboxylic acids is 2. The molecule has 3 aromatic rings. The molecule has 2 aromatic heterocycles. The van der Waals surface area contributed by atoms with E-state index in [-0.39, 0.29) is 23.0 Å². The van der Waals surface area contributed by atoms with Gasteiger partial charge in [0.15, 0.2) is 11.5 Å². The molecule has 3 rings (SSSR count). The summed E-state index contributed by atoms with van der Waals surface area (Å²) in [5.74, 6) is 0.116. The average molecular weight is 398 g/mol. The maximum Gasteiger partial charge on any atom is 0.295 e. The molecular formula is C19H22N6O4. The summed E-state index contributed by atoms with van der Waals surface area (Å²) in [6.45, 7) is 3.68. The zero-order valence-electron chi connectivity index (χ0n) is 17.1. The number of nitrogens with zero attached hydrogens (tertiary/aromatic N) is 5. The highest BCUT2D eigenvalue weighted by atomic mass is 16.5. The first-order chi connectivity index (χ1) is 13.7. The SMILES string of the molecule is COc1cc(NC(=O)c2nc3nc(C)cc(C)n3n2)c(C(=O)N(C)C)cc1OC. The molecule has 0 bridgehead atoms. The van der Waals surface area contributed by atoms with E-state index >= 15 is 0 Å². The Kier molecular flexibility index (Phi) is 5.35. The summed E-state index contributed by atoms with van der Waals surface area (Å²) < 4.78 is 12.0. The maximum atomic E-state index is 12.8. The second-order valence-electron chi connectivity index (χ2n) is 6.59. The van der Waals surface area contributed by atoms with Gasteiger partial charge in [-0.25, -0.2) is 9.50 Å². The van der Waals surface area contributed by atoms with Crippen LogP contribution < -0.4 is 14.8 Å². The third-order valence-electron chi connectivity index (χ3n) is 4.23. The largest absolute Gasteiger partial charge is 0.493 e. The number of methoxy groups -OCH3 is 2. The number of benzene rings is 1. The van der Waals surface area contributed by atoms with Crippen LogP contribution in [0.1, 0.15) is 32.4 Å². The number of aromatic nitrogens is 4. The van der Waals surface area contributed by atoms with Gasteiger partial charge in [-0.05, 0) is 26.0 Å². The summed E-state index contributed by atoms with van der Waals surface area (Å²) in [6, 6.07) is 4.88. The van der Waals surface area contributed by atoms with Gasteiger partial charge >= 0.3 is 0 Å². The lowest BCUT2D eigenvalue weighted by molar-refractivity contribution is 0.0828.